The zero-order valence-corrected chi connectivity index (χ0v) is 12.1. The molecule has 0 bridgehead atoms. The third kappa shape index (κ3) is 3.24. The van der Waals surface area contributed by atoms with Crippen LogP contribution in [0.5, 0.6) is 0 Å². The molecule has 3 nitrogen and oxygen atoms in total. The Morgan fingerprint density at radius 1 is 1.37 bits per heavy atom. The zero-order chi connectivity index (χ0) is 13.8. The molecule has 1 aliphatic carbocycles. The van der Waals surface area contributed by atoms with Gasteiger partial charge >= 0.3 is 0 Å². The molecule has 1 aliphatic rings. The van der Waals surface area contributed by atoms with E-state index in [0.29, 0.717) is 24.0 Å². The molecule has 0 aromatic carbocycles. The van der Waals surface area contributed by atoms with E-state index in [1.807, 2.05) is 19.0 Å². The van der Waals surface area contributed by atoms with E-state index in [4.69, 9.17) is 0 Å². The standard InChI is InChI=1S/C15H24FN3/c1-11-4-6-13(7-5-11)19(3)15-14(16)12(10-17-2)8-9-18-15/h8-9,11,13,17H,4-7,10H2,1-3H3. The average molecular weight is 265 g/mol. The Kier molecular flexibility index (Phi) is 4.75. The van der Waals surface area contributed by atoms with Crippen LogP contribution in [0.1, 0.15) is 38.2 Å². The molecule has 0 radical (unpaired) electrons. The number of halogens is 1. The van der Waals surface area contributed by atoms with E-state index in [2.05, 4.69) is 17.2 Å². The molecule has 1 aromatic heterocycles. The van der Waals surface area contributed by atoms with Crippen molar-refractivity contribution in [1.82, 2.24) is 10.3 Å². The van der Waals surface area contributed by atoms with Crippen LogP contribution in [0.4, 0.5) is 10.2 Å². The van der Waals surface area contributed by atoms with Crippen LogP contribution in [0.3, 0.4) is 0 Å². The highest BCUT2D eigenvalue weighted by Gasteiger charge is 2.24. The SMILES string of the molecule is CNCc1ccnc(N(C)C2CCC(C)CC2)c1F. The van der Waals surface area contributed by atoms with Crippen molar-refractivity contribution in [2.75, 3.05) is 19.0 Å². The summed E-state index contributed by atoms with van der Waals surface area (Å²) in [5.74, 6) is 1.11. The average Bonchev–Trinajstić information content (AvgIpc) is 2.41. The van der Waals surface area contributed by atoms with E-state index in [1.54, 1.807) is 12.3 Å². The number of hydrogen-bond acceptors (Lipinski definition) is 3. The number of pyridine rings is 1. The quantitative estimate of drug-likeness (QED) is 0.907. The monoisotopic (exact) mass is 265 g/mol. The molecule has 1 fully saturated rings. The Bertz CT molecular complexity index is 414. The Morgan fingerprint density at radius 2 is 2.05 bits per heavy atom. The highest BCUT2D eigenvalue weighted by Crippen LogP contribution is 2.30. The molecule has 106 valence electrons. The van der Waals surface area contributed by atoms with Gasteiger partial charge < -0.3 is 10.2 Å². The topological polar surface area (TPSA) is 28.2 Å². The van der Waals surface area contributed by atoms with Gasteiger partial charge in [-0.3, -0.25) is 0 Å². The third-order valence-electron chi connectivity index (χ3n) is 4.19. The Morgan fingerprint density at radius 3 is 2.68 bits per heavy atom. The summed E-state index contributed by atoms with van der Waals surface area (Å²) in [6.07, 6.45) is 6.43. The summed E-state index contributed by atoms with van der Waals surface area (Å²) in [6.45, 7) is 2.83. The van der Waals surface area contributed by atoms with Gasteiger partial charge in [0.1, 0.15) is 0 Å². The van der Waals surface area contributed by atoms with Crippen molar-refractivity contribution < 1.29 is 4.39 Å². The maximum absolute atomic E-state index is 14.4. The Balaban J connectivity index is 2.14. The highest BCUT2D eigenvalue weighted by molar-refractivity contribution is 5.43. The number of nitrogens with zero attached hydrogens (tertiary/aromatic N) is 2. The third-order valence-corrected chi connectivity index (χ3v) is 4.19. The van der Waals surface area contributed by atoms with Crippen LogP contribution >= 0.6 is 0 Å². The van der Waals surface area contributed by atoms with Gasteiger partial charge in [-0.05, 0) is 44.7 Å². The minimum atomic E-state index is -0.182. The molecule has 1 N–H and O–H groups in total. The van der Waals surface area contributed by atoms with Gasteiger partial charge in [-0.15, -0.1) is 0 Å². The summed E-state index contributed by atoms with van der Waals surface area (Å²) in [6, 6.07) is 2.16. The maximum Gasteiger partial charge on any atom is 0.170 e. The fourth-order valence-electron chi connectivity index (χ4n) is 2.85. The van der Waals surface area contributed by atoms with Crippen LogP contribution in [-0.2, 0) is 6.54 Å². The molecule has 0 aliphatic heterocycles. The van der Waals surface area contributed by atoms with E-state index in [-0.39, 0.29) is 5.82 Å². The number of aromatic nitrogens is 1. The first-order valence-corrected chi connectivity index (χ1v) is 7.14. The smallest absolute Gasteiger partial charge is 0.170 e. The van der Waals surface area contributed by atoms with Crippen LogP contribution in [0, 0.1) is 11.7 Å². The number of hydrogen-bond donors (Lipinski definition) is 1. The molecule has 4 heteroatoms. The lowest BCUT2D eigenvalue weighted by molar-refractivity contribution is 0.338. The second-order valence-corrected chi connectivity index (χ2v) is 5.66. The summed E-state index contributed by atoms with van der Waals surface area (Å²) in [7, 11) is 3.79. The van der Waals surface area contributed by atoms with E-state index >= 15 is 0 Å². The van der Waals surface area contributed by atoms with Crippen LogP contribution < -0.4 is 10.2 Å². The minimum Gasteiger partial charge on any atom is -0.354 e. The molecule has 1 aromatic rings. The van der Waals surface area contributed by atoms with E-state index in [9.17, 15) is 4.39 Å². The van der Waals surface area contributed by atoms with Crippen molar-refractivity contribution in [3.05, 3.63) is 23.6 Å². The van der Waals surface area contributed by atoms with Gasteiger partial charge in [-0.2, -0.15) is 0 Å². The van der Waals surface area contributed by atoms with Crippen LogP contribution in [0.2, 0.25) is 0 Å². The van der Waals surface area contributed by atoms with Gasteiger partial charge in [0.2, 0.25) is 0 Å². The van der Waals surface area contributed by atoms with Gasteiger partial charge in [0.05, 0.1) is 0 Å². The van der Waals surface area contributed by atoms with E-state index in [0.717, 1.165) is 18.8 Å². The molecule has 1 saturated carbocycles. The van der Waals surface area contributed by atoms with Crippen LogP contribution in [-0.4, -0.2) is 25.1 Å². The van der Waals surface area contributed by atoms with Crippen molar-refractivity contribution in [2.24, 2.45) is 5.92 Å². The van der Waals surface area contributed by atoms with Crippen molar-refractivity contribution in [3.8, 4) is 0 Å². The zero-order valence-electron chi connectivity index (χ0n) is 12.1. The first-order chi connectivity index (χ1) is 9.13. The van der Waals surface area contributed by atoms with Crippen molar-refractivity contribution >= 4 is 5.82 Å². The van der Waals surface area contributed by atoms with Crippen molar-refractivity contribution in [1.29, 1.82) is 0 Å². The molecular weight excluding hydrogens is 241 g/mol. The Hall–Kier alpha value is -1.16. The lowest BCUT2D eigenvalue weighted by atomic mass is 9.87. The molecule has 2 rings (SSSR count). The van der Waals surface area contributed by atoms with E-state index < -0.39 is 0 Å². The fraction of sp³-hybridized carbons (Fsp3) is 0.667. The molecule has 0 amide bonds. The summed E-state index contributed by atoms with van der Waals surface area (Å²) in [4.78, 5) is 6.27. The van der Waals surface area contributed by atoms with E-state index in [1.165, 1.54) is 12.8 Å². The van der Waals surface area contributed by atoms with Crippen LogP contribution in [0.15, 0.2) is 12.3 Å². The number of rotatable bonds is 4. The largest absolute Gasteiger partial charge is 0.354 e. The second-order valence-electron chi connectivity index (χ2n) is 5.66. The molecule has 0 saturated heterocycles. The fourth-order valence-corrected chi connectivity index (χ4v) is 2.85. The van der Waals surface area contributed by atoms with Gasteiger partial charge in [0.15, 0.2) is 11.6 Å². The first-order valence-electron chi connectivity index (χ1n) is 7.14. The molecule has 0 spiro atoms. The summed E-state index contributed by atoms with van der Waals surface area (Å²) in [5, 5.41) is 2.99. The molecule has 0 unspecified atom stereocenters. The second kappa shape index (κ2) is 6.33. The number of anilines is 1. The Labute approximate surface area is 115 Å². The van der Waals surface area contributed by atoms with Gasteiger partial charge in [0, 0.05) is 31.4 Å². The summed E-state index contributed by atoms with van der Waals surface area (Å²) in [5.41, 5.74) is 0.684. The lowest BCUT2D eigenvalue weighted by Crippen LogP contribution is -2.36. The first kappa shape index (κ1) is 14.3. The summed E-state index contributed by atoms with van der Waals surface area (Å²) < 4.78 is 14.4. The van der Waals surface area contributed by atoms with Crippen molar-refractivity contribution in [2.45, 2.75) is 45.2 Å². The normalized spacial score (nSPS) is 23.4. The lowest BCUT2D eigenvalue weighted by Gasteiger charge is -2.34. The maximum atomic E-state index is 14.4. The minimum absolute atomic E-state index is 0.182. The molecule has 0 atom stereocenters. The highest BCUT2D eigenvalue weighted by atomic mass is 19.1. The predicted molar refractivity (Wildman–Crippen MR) is 76.8 cm³/mol. The number of nitrogens with one attached hydrogen (secondary N) is 1. The van der Waals surface area contributed by atoms with Crippen LogP contribution in [0.25, 0.3) is 0 Å². The molecule has 19 heavy (non-hydrogen) atoms. The van der Waals surface area contributed by atoms with Gasteiger partial charge in [-0.1, -0.05) is 6.92 Å². The molecular formula is C15H24FN3. The van der Waals surface area contributed by atoms with Crippen molar-refractivity contribution in [3.63, 3.8) is 0 Å². The van der Waals surface area contributed by atoms with Gasteiger partial charge in [-0.25, -0.2) is 9.37 Å². The van der Waals surface area contributed by atoms with Gasteiger partial charge in [0.25, 0.3) is 0 Å². The summed E-state index contributed by atoms with van der Waals surface area (Å²) >= 11 is 0. The molecule has 1 heterocycles. The predicted octanol–water partition coefficient (Wildman–Crippen LogP) is 2.96.